The quantitative estimate of drug-likeness (QED) is 0.145. The van der Waals surface area contributed by atoms with Crippen LogP contribution >= 0.6 is 30.1 Å². The monoisotopic (exact) mass is 273 g/mol. The van der Waals surface area contributed by atoms with Crippen molar-refractivity contribution < 1.29 is 14.4 Å². The zero-order valence-corrected chi connectivity index (χ0v) is 10.9. The molecule has 15 heavy (non-hydrogen) atoms. The lowest BCUT2D eigenvalue weighted by Crippen LogP contribution is -2.24. The second-order valence-electron chi connectivity index (χ2n) is 2.61. The van der Waals surface area contributed by atoms with E-state index >= 15 is 0 Å². The topological polar surface area (TPSA) is 105 Å². The van der Waals surface area contributed by atoms with Crippen molar-refractivity contribution in [3.8, 4) is 0 Å². The van der Waals surface area contributed by atoms with Gasteiger partial charge in [0, 0.05) is 31.5 Å². The number of nitrogens with one attached hydrogen (secondary N) is 3. The smallest absolute Gasteiger partial charge is 0.319 e. The van der Waals surface area contributed by atoms with Gasteiger partial charge in [0.15, 0.2) is 0 Å². The predicted octanol–water partition coefficient (Wildman–Crippen LogP) is 0.637. The molecular weight excluding hydrogens is 257 g/mol. The molecule has 0 aliphatic heterocycles. The van der Waals surface area contributed by atoms with Gasteiger partial charge >= 0.3 is 6.80 Å². The molecule has 5 N–H and O–H groups in total. The normalized spacial score (nSPS) is 11.4. The van der Waals surface area contributed by atoms with E-state index in [1.165, 1.54) is 11.9 Å². The van der Waals surface area contributed by atoms with Crippen LogP contribution in [0.15, 0.2) is 0 Å². The molecule has 0 saturated carbocycles. The maximum absolute atomic E-state index is 10.4. The minimum atomic E-state index is -3.93. The summed E-state index contributed by atoms with van der Waals surface area (Å²) in [6.07, 6.45) is 2.43. The predicted molar refractivity (Wildman–Crippen MR) is 66.4 cm³/mol. The summed E-state index contributed by atoms with van der Waals surface area (Å²) in [6.45, 7) is -2.76. The van der Waals surface area contributed by atoms with Gasteiger partial charge in [-0.2, -0.15) is 0 Å². The van der Waals surface area contributed by atoms with E-state index in [0.29, 0.717) is 42.5 Å². The van der Waals surface area contributed by atoms with Gasteiger partial charge < -0.3 is 19.8 Å². The van der Waals surface area contributed by atoms with Crippen LogP contribution in [0.25, 0.3) is 0 Å². The lowest BCUT2D eigenvalue weighted by atomic mass is 10.4. The Bertz CT molecular complexity index is 236. The van der Waals surface area contributed by atoms with Gasteiger partial charge in [-0.15, -0.1) is 0 Å². The fourth-order valence-corrected chi connectivity index (χ4v) is 2.56. The van der Waals surface area contributed by atoms with Gasteiger partial charge in [0.1, 0.15) is 5.84 Å². The Hall–Kier alpha value is 0.280. The van der Waals surface area contributed by atoms with E-state index in [9.17, 15) is 4.57 Å². The Morgan fingerprint density at radius 2 is 2.13 bits per heavy atom. The van der Waals surface area contributed by atoms with Crippen molar-refractivity contribution in [3.05, 3.63) is 0 Å². The molecule has 0 rings (SSSR count). The Morgan fingerprint density at radius 1 is 1.47 bits per heavy atom. The van der Waals surface area contributed by atoms with Crippen LogP contribution in [0.5, 0.6) is 0 Å². The molecule has 6 nitrogen and oxygen atoms in total. The minimum absolute atomic E-state index is 0.369. The van der Waals surface area contributed by atoms with Crippen LogP contribution in [0, 0.1) is 5.41 Å². The second kappa shape index (κ2) is 8.43. The van der Waals surface area contributed by atoms with Crippen molar-refractivity contribution in [1.82, 2.24) is 10.0 Å². The van der Waals surface area contributed by atoms with Crippen molar-refractivity contribution >= 4 is 36.0 Å². The molecule has 0 aromatic rings. The Labute approximate surface area is 97.5 Å². The first kappa shape index (κ1) is 15.3. The fourth-order valence-electron chi connectivity index (χ4n) is 0.749. The molecule has 90 valence electrons. The highest BCUT2D eigenvalue weighted by Crippen LogP contribution is 2.49. The molecule has 0 unspecified atom stereocenters. The van der Waals surface area contributed by atoms with Gasteiger partial charge in [-0.05, 0) is 11.4 Å². The molecule has 0 bridgehead atoms. The molecule has 0 saturated heterocycles. The molecule has 0 spiro atoms. The first-order valence-electron chi connectivity index (χ1n) is 4.23. The van der Waals surface area contributed by atoms with Crippen molar-refractivity contribution in [2.75, 3.05) is 25.1 Å². The molecule has 0 aromatic carbocycles. The molecule has 0 fully saturated rings. The zero-order chi connectivity index (χ0) is 11.7. The Kier molecular flexibility index (Phi) is 8.59. The van der Waals surface area contributed by atoms with E-state index in [-0.39, 0.29) is 0 Å². The van der Waals surface area contributed by atoms with E-state index in [0.717, 1.165) is 0 Å². The van der Waals surface area contributed by atoms with Gasteiger partial charge in [0.05, 0.1) is 0 Å². The summed E-state index contributed by atoms with van der Waals surface area (Å²) >= 11 is 2.01. The number of amidine groups is 1. The van der Waals surface area contributed by atoms with Crippen molar-refractivity contribution in [2.24, 2.45) is 0 Å². The molecule has 0 aliphatic rings. The maximum Gasteiger partial charge on any atom is 0.384 e. The van der Waals surface area contributed by atoms with Gasteiger partial charge in [-0.1, -0.05) is 11.9 Å². The standard InChI is InChI=1S/C6H16N3O3PS2/c1-14-9-6(7)2-3-8-4-5-15-13(10,11)12/h8H,2-5H2,1H3,(H2,7,9)(H2,10,11,12). The van der Waals surface area contributed by atoms with Gasteiger partial charge in [-0.3, -0.25) is 5.41 Å². The third-order valence-electron chi connectivity index (χ3n) is 1.32. The van der Waals surface area contributed by atoms with E-state index < -0.39 is 6.80 Å². The lowest BCUT2D eigenvalue weighted by Gasteiger charge is -2.06. The molecule has 0 atom stereocenters. The van der Waals surface area contributed by atoms with Crippen LogP contribution in [-0.2, 0) is 4.57 Å². The van der Waals surface area contributed by atoms with Crippen LogP contribution in [0.1, 0.15) is 6.42 Å². The van der Waals surface area contributed by atoms with Crippen LogP contribution in [0.4, 0.5) is 0 Å². The fraction of sp³-hybridized carbons (Fsp3) is 0.833. The van der Waals surface area contributed by atoms with Crippen LogP contribution in [0.2, 0.25) is 0 Å². The average Bonchev–Trinajstić information content (AvgIpc) is 2.09. The summed E-state index contributed by atoms with van der Waals surface area (Å²) < 4.78 is 13.2. The summed E-state index contributed by atoms with van der Waals surface area (Å²) in [4.78, 5) is 17.1. The maximum atomic E-state index is 10.4. The van der Waals surface area contributed by atoms with Gasteiger partial charge in [-0.25, -0.2) is 4.57 Å². The van der Waals surface area contributed by atoms with Gasteiger partial charge in [0.2, 0.25) is 0 Å². The third kappa shape index (κ3) is 12.2. The SMILES string of the molecule is CSNC(=N)CCNCCSP(=O)(O)O. The van der Waals surface area contributed by atoms with E-state index in [1.807, 2.05) is 6.26 Å². The summed E-state index contributed by atoms with van der Waals surface area (Å²) in [5.41, 5.74) is 0. The van der Waals surface area contributed by atoms with Crippen molar-refractivity contribution in [2.45, 2.75) is 6.42 Å². The number of hydrogen-bond acceptors (Lipinski definition) is 5. The molecule has 9 heteroatoms. The Balaban J connectivity index is 3.25. The minimum Gasteiger partial charge on any atom is -0.319 e. The molecule has 0 radical (unpaired) electrons. The Morgan fingerprint density at radius 3 is 2.67 bits per heavy atom. The average molecular weight is 273 g/mol. The van der Waals surface area contributed by atoms with Crippen LogP contribution in [-0.4, -0.2) is 40.7 Å². The van der Waals surface area contributed by atoms with E-state index in [4.69, 9.17) is 15.2 Å². The summed E-state index contributed by atoms with van der Waals surface area (Å²) in [6, 6.07) is 0. The molecule has 0 aliphatic carbocycles. The first-order chi connectivity index (χ1) is 6.95. The molecule has 0 aromatic heterocycles. The third-order valence-corrected chi connectivity index (χ3v) is 4.05. The number of rotatable bonds is 8. The van der Waals surface area contributed by atoms with Crippen molar-refractivity contribution in [1.29, 1.82) is 5.41 Å². The summed E-state index contributed by atoms with van der Waals surface area (Å²) in [5, 5.41) is 10.4. The summed E-state index contributed by atoms with van der Waals surface area (Å²) in [5.74, 6) is 0.811. The van der Waals surface area contributed by atoms with Crippen molar-refractivity contribution in [3.63, 3.8) is 0 Å². The van der Waals surface area contributed by atoms with Crippen LogP contribution < -0.4 is 10.0 Å². The molecular formula is C6H16N3O3PS2. The second-order valence-corrected chi connectivity index (χ2v) is 7.07. The highest BCUT2D eigenvalue weighted by Gasteiger charge is 2.11. The molecule has 0 amide bonds. The van der Waals surface area contributed by atoms with Gasteiger partial charge in [0.25, 0.3) is 0 Å². The summed E-state index contributed by atoms with van der Waals surface area (Å²) in [7, 11) is 0. The highest BCUT2D eigenvalue weighted by molar-refractivity contribution is 8.54. The van der Waals surface area contributed by atoms with E-state index in [1.54, 1.807) is 0 Å². The lowest BCUT2D eigenvalue weighted by molar-refractivity contribution is 0.397. The largest absolute Gasteiger partial charge is 0.384 e. The van der Waals surface area contributed by atoms with E-state index in [2.05, 4.69) is 10.0 Å². The number of hydrogen-bond donors (Lipinski definition) is 5. The zero-order valence-electron chi connectivity index (χ0n) is 8.39. The van der Waals surface area contributed by atoms with Crippen LogP contribution in [0.3, 0.4) is 0 Å². The molecule has 0 heterocycles. The highest BCUT2D eigenvalue weighted by atomic mass is 32.7. The first-order valence-corrected chi connectivity index (χ1v) is 8.65.